The number of ketones is 1. The van der Waals surface area contributed by atoms with Gasteiger partial charge in [0, 0.05) is 51.2 Å². The van der Waals surface area contributed by atoms with Crippen LogP contribution >= 0.6 is 23.2 Å². The maximum Gasteiger partial charge on any atom is 0.309 e. The molecule has 8 heteroatoms. The second-order valence-corrected chi connectivity index (χ2v) is 10.5. The van der Waals surface area contributed by atoms with Gasteiger partial charge in [-0.1, -0.05) is 44.0 Å². The van der Waals surface area contributed by atoms with Crippen molar-refractivity contribution in [3.05, 3.63) is 51.3 Å². The Morgan fingerprint density at radius 1 is 1.00 bits per heavy atom. The Bertz CT molecular complexity index is 1060. The van der Waals surface area contributed by atoms with Gasteiger partial charge >= 0.3 is 5.97 Å². The molecule has 1 aliphatic rings. The van der Waals surface area contributed by atoms with E-state index in [0.29, 0.717) is 41.5 Å². The molecule has 1 aliphatic heterocycles. The van der Waals surface area contributed by atoms with E-state index < -0.39 is 5.41 Å². The van der Waals surface area contributed by atoms with Crippen LogP contribution in [0.4, 0.5) is 0 Å². The van der Waals surface area contributed by atoms with E-state index in [1.165, 1.54) is 0 Å². The van der Waals surface area contributed by atoms with E-state index in [9.17, 15) is 14.4 Å². The fourth-order valence-electron chi connectivity index (χ4n) is 4.24. The number of nitrogens with zero attached hydrogens (tertiary/aromatic N) is 2. The number of hydrogen-bond acceptors (Lipinski definition) is 4. The third-order valence-corrected chi connectivity index (χ3v) is 6.38. The minimum atomic E-state index is -0.442. The number of ether oxygens (including phenoxy) is 1. The number of hydrogen-bond donors (Lipinski definition) is 0. The molecule has 0 spiro atoms. The number of aryl methyl sites for hydroxylation is 1. The monoisotopic (exact) mass is 492 g/mol. The van der Waals surface area contributed by atoms with Crippen LogP contribution in [-0.2, 0) is 14.3 Å². The zero-order valence-electron chi connectivity index (χ0n) is 19.7. The van der Waals surface area contributed by atoms with Crippen molar-refractivity contribution in [2.45, 2.75) is 47.5 Å². The number of benzene rings is 1. The molecular weight excluding hydrogens is 463 g/mol. The molecule has 1 amide bonds. The van der Waals surface area contributed by atoms with Gasteiger partial charge in [-0.25, -0.2) is 0 Å². The quantitative estimate of drug-likeness (QED) is 0.413. The van der Waals surface area contributed by atoms with Crippen molar-refractivity contribution in [2.24, 2.45) is 11.3 Å². The van der Waals surface area contributed by atoms with E-state index in [0.717, 1.165) is 17.1 Å². The predicted molar refractivity (Wildman–Crippen MR) is 129 cm³/mol. The average Bonchev–Trinajstić information content (AvgIpc) is 3.04. The Morgan fingerprint density at radius 3 is 2.12 bits per heavy atom. The number of piperidine rings is 1. The molecule has 0 saturated carbocycles. The van der Waals surface area contributed by atoms with Gasteiger partial charge < -0.3 is 14.2 Å². The Kier molecular flexibility index (Phi) is 7.59. The second-order valence-electron chi connectivity index (χ2n) is 9.60. The number of carbonyl (C=O) groups excluding carboxylic acids is 3. The van der Waals surface area contributed by atoms with Crippen LogP contribution in [0.5, 0.6) is 0 Å². The summed E-state index contributed by atoms with van der Waals surface area (Å²) >= 11 is 12.3. The van der Waals surface area contributed by atoms with Gasteiger partial charge in [0.05, 0.1) is 5.92 Å². The normalized spacial score (nSPS) is 14.9. The Balaban J connectivity index is 1.62. The van der Waals surface area contributed by atoms with E-state index in [-0.39, 0.29) is 30.2 Å². The molecule has 2 heterocycles. The molecule has 6 nitrogen and oxygen atoms in total. The Hall–Kier alpha value is -2.31. The molecule has 2 aromatic rings. The second kappa shape index (κ2) is 9.90. The summed E-state index contributed by atoms with van der Waals surface area (Å²) in [6.07, 6.45) is 1.08. The third kappa shape index (κ3) is 5.79. The summed E-state index contributed by atoms with van der Waals surface area (Å²) in [5.41, 5.74) is 2.37. The number of halogens is 2. The van der Waals surface area contributed by atoms with Gasteiger partial charge in [-0.05, 0) is 51.0 Å². The van der Waals surface area contributed by atoms with Crippen LogP contribution in [0.1, 0.15) is 55.4 Å². The summed E-state index contributed by atoms with van der Waals surface area (Å²) in [7, 11) is 0. The van der Waals surface area contributed by atoms with E-state index in [2.05, 4.69) is 0 Å². The van der Waals surface area contributed by atoms with Crippen molar-refractivity contribution in [1.29, 1.82) is 0 Å². The average molecular weight is 493 g/mol. The number of rotatable bonds is 5. The van der Waals surface area contributed by atoms with Gasteiger partial charge in [0.25, 0.3) is 0 Å². The standard InChI is InChI=1S/C25H30Cl2N2O4/c1-15-10-21(16(2)29(15)20-12-18(26)11-19(27)13-20)22(30)14-33-23(31)17-6-8-28(9-7-17)24(32)25(3,4)5/h10-13,17H,6-9,14H2,1-5H3. The van der Waals surface area contributed by atoms with Gasteiger partial charge in [0.2, 0.25) is 11.7 Å². The smallest absolute Gasteiger partial charge is 0.309 e. The molecule has 0 N–H and O–H groups in total. The molecule has 178 valence electrons. The largest absolute Gasteiger partial charge is 0.457 e. The van der Waals surface area contributed by atoms with Crippen LogP contribution in [0.3, 0.4) is 0 Å². The molecule has 1 aromatic carbocycles. The number of amides is 1. The van der Waals surface area contributed by atoms with E-state index in [1.54, 1.807) is 29.2 Å². The molecule has 0 atom stereocenters. The molecular formula is C25H30Cl2N2O4. The van der Waals surface area contributed by atoms with Gasteiger partial charge in [-0.15, -0.1) is 0 Å². The lowest BCUT2D eigenvalue weighted by Crippen LogP contribution is -2.45. The van der Waals surface area contributed by atoms with Crippen molar-refractivity contribution < 1.29 is 19.1 Å². The molecule has 1 aromatic heterocycles. The molecule has 1 fully saturated rings. The van der Waals surface area contributed by atoms with Gasteiger partial charge in [0.15, 0.2) is 6.61 Å². The zero-order chi connectivity index (χ0) is 24.5. The van der Waals surface area contributed by atoms with Crippen molar-refractivity contribution in [3.8, 4) is 5.69 Å². The SMILES string of the molecule is Cc1cc(C(=O)COC(=O)C2CCN(C(=O)C(C)(C)C)CC2)c(C)n1-c1cc(Cl)cc(Cl)c1. The number of esters is 1. The summed E-state index contributed by atoms with van der Waals surface area (Å²) in [6.45, 7) is 10.1. The van der Waals surface area contributed by atoms with Crippen molar-refractivity contribution in [1.82, 2.24) is 9.47 Å². The molecule has 1 saturated heterocycles. The van der Waals surface area contributed by atoms with E-state index in [4.69, 9.17) is 27.9 Å². The van der Waals surface area contributed by atoms with Crippen molar-refractivity contribution in [3.63, 3.8) is 0 Å². The topological polar surface area (TPSA) is 68.6 Å². The first-order valence-electron chi connectivity index (χ1n) is 11.0. The summed E-state index contributed by atoms with van der Waals surface area (Å²) in [5, 5.41) is 1.00. The Morgan fingerprint density at radius 2 is 1.58 bits per heavy atom. The summed E-state index contributed by atoms with van der Waals surface area (Å²) in [5.74, 6) is -0.874. The van der Waals surface area contributed by atoms with Crippen LogP contribution in [0.2, 0.25) is 10.0 Å². The highest BCUT2D eigenvalue weighted by atomic mass is 35.5. The molecule has 0 aliphatic carbocycles. The van der Waals surface area contributed by atoms with Crippen molar-refractivity contribution in [2.75, 3.05) is 19.7 Å². The summed E-state index contributed by atoms with van der Waals surface area (Å²) in [4.78, 5) is 39.6. The lowest BCUT2D eigenvalue weighted by Gasteiger charge is -2.34. The van der Waals surface area contributed by atoms with Crippen LogP contribution in [0.25, 0.3) is 5.69 Å². The number of Topliss-reactive ketones (excluding diaryl/α,β-unsaturated/α-hetero) is 1. The first kappa shape index (κ1) is 25.3. The summed E-state index contributed by atoms with van der Waals surface area (Å²) < 4.78 is 7.26. The Labute approximate surface area is 204 Å². The number of aromatic nitrogens is 1. The highest BCUT2D eigenvalue weighted by molar-refractivity contribution is 6.34. The first-order valence-corrected chi connectivity index (χ1v) is 11.8. The number of carbonyl (C=O) groups is 3. The predicted octanol–water partition coefficient (Wildman–Crippen LogP) is 5.41. The summed E-state index contributed by atoms with van der Waals surface area (Å²) in [6, 6.07) is 6.98. The number of likely N-dealkylation sites (tertiary alicyclic amines) is 1. The lowest BCUT2D eigenvalue weighted by atomic mass is 9.91. The third-order valence-electron chi connectivity index (χ3n) is 5.94. The van der Waals surface area contributed by atoms with Gasteiger partial charge in [0.1, 0.15) is 0 Å². The van der Waals surface area contributed by atoms with E-state index in [1.807, 2.05) is 39.2 Å². The lowest BCUT2D eigenvalue weighted by molar-refractivity contribution is -0.152. The fraction of sp³-hybridized carbons (Fsp3) is 0.480. The van der Waals surface area contributed by atoms with Crippen molar-refractivity contribution >= 4 is 40.9 Å². The maximum atomic E-state index is 12.8. The van der Waals surface area contributed by atoms with E-state index >= 15 is 0 Å². The molecule has 0 unspecified atom stereocenters. The highest BCUT2D eigenvalue weighted by Gasteiger charge is 2.33. The first-order chi connectivity index (χ1) is 15.4. The fourth-order valence-corrected chi connectivity index (χ4v) is 4.75. The minimum absolute atomic E-state index is 0.0841. The maximum absolute atomic E-state index is 12.8. The highest BCUT2D eigenvalue weighted by Crippen LogP contribution is 2.27. The minimum Gasteiger partial charge on any atom is -0.457 e. The van der Waals surface area contributed by atoms with Crippen LogP contribution in [0.15, 0.2) is 24.3 Å². The van der Waals surface area contributed by atoms with Crippen LogP contribution < -0.4 is 0 Å². The molecule has 3 rings (SSSR count). The zero-order valence-corrected chi connectivity index (χ0v) is 21.2. The van der Waals surface area contributed by atoms with Gasteiger partial charge in [-0.3, -0.25) is 14.4 Å². The van der Waals surface area contributed by atoms with Crippen LogP contribution in [0, 0.1) is 25.2 Å². The van der Waals surface area contributed by atoms with Gasteiger partial charge in [-0.2, -0.15) is 0 Å². The molecule has 0 radical (unpaired) electrons. The molecule has 0 bridgehead atoms. The van der Waals surface area contributed by atoms with Crippen LogP contribution in [-0.4, -0.2) is 46.8 Å². The molecule has 33 heavy (non-hydrogen) atoms.